The summed E-state index contributed by atoms with van der Waals surface area (Å²) in [6, 6.07) is 20.6. The summed E-state index contributed by atoms with van der Waals surface area (Å²) in [5, 5.41) is 11.3. The first-order chi connectivity index (χ1) is 19.2. The molecule has 0 spiro atoms. The third-order valence-electron chi connectivity index (χ3n) is 7.14. The van der Waals surface area contributed by atoms with E-state index in [1.54, 1.807) is 30.3 Å². The minimum Gasteiger partial charge on any atom is -0.384 e. The molecule has 1 fully saturated rings. The topological polar surface area (TPSA) is 164 Å². The van der Waals surface area contributed by atoms with Crippen molar-refractivity contribution in [2.45, 2.75) is 49.1 Å². The quantitative estimate of drug-likeness (QED) is 0.147. The Kier molecular flexibility index (Phi) is 8.27. The number of carbonyl (C=O) groups excluding carboxylic acids is 1. The van der Waals surface area contributed by atoms with Gasteiger partial charge in [-0.3, -0.25) is 10.2 Å². The van der Waals surface area contributed by atoms with Gasteiger partial charge in [-0.25, -0.2) is 18.1 Å². The van der Waals surface area contributed by atoms with Crippen molar-refractivity contribution < 1.29 is 13.2 Å². The zero-order valence-corrected chi connectivity index (χ0v) is 23.5. The predicted octanol–water partition coefficient (Wildman–Crippen LogP) is 4.30. The Balaban J connectivity index is 1.40. The predicted molar refractivity (Wildman–Crippen MR) is 159 cm³/mol. The van der Waals surface area contributed by atoms with Crippen LogP contribution >= 0.6 is 11.3 Å². The molecule has 11 heteroatoms. The first-order valence-electron chi connectivity index (χ1n) is 13.2. The number of nitrogens with zero attached hydrogens (tertiary/aromatic N) is 1. The molecule has 1 unspecified atom stereocenters. The van der Waals surface area contributed by atoms with Crippen molar-refractivity contribution in [2.24, 2.45) is 17.4 Å². The number of fused-ring (bicyclic) bond motifs is 1. The highest BCUT2D eigenvalue weighted by Gasteiger charge is 2.27. The maximum absolute atomic E-state index is 13.7. The van der Waals surface area contributed by atoms with Gasteiger partial charge in [0.1, 0.15) is 10.8 Å². The van der Waals surface area contributed by atoms with Crippen molar-refractivity contribution >= 4 is 49.0 Å². The summed E-state index contributed by atoms with van der Waals surface area (Å²) in [6.45, 7) is 0. The van der Waals surface area contributed by atoms with E-state index in [2.05, 4.69) is 10.0 Å². The van der Waals surface area contributed by atoms with E-state index in [0.717, 1.165) is 41.5 Å². The van der Waals surface area contributed by atoms with E-state index in [4.69, 9.17) is 21.9 Å². The van der Waals surface area contributed by atoms with E-state index in [1.165, 1.54) is 23.5 Å². The molecule has 0 aliphatic heterocycles. The second kappa shape index (κ2) is 11.8. The van der Waals surface area contributed by atoms with Gasteiger partial charge in [0.05, 0.1) is 21.2 Å². The van der Waals surface area contributed by atoms with E-state index in [1.807, 2.05) is 30.3 Å². The minimum atomic E-state index is -4.00. The number of amides is 1. The molecule has 0 saturated heterocycles. The molecular weight excluding hydrogens is 544 g/mol. The summed E-state index contributed by atoms with van der Waals surface area (Å²) < 4.78 is 31.1. The highest BCUT2D eigenvalue weighted by atomic mass is 32.2. The maximum atomic E-state index is 13.7. The number of benzene rings is 3. The third-order valence-corrected chi connectivity index (χ3v) is 9.76. The van der Waals surface area contributed by atoms with Crippen molar-refractivity contribution in [3.63, 3.8) is 0 Å². The molecule has 1 aliphatic rings. The Morgan fingerprint density at radius 2 is 1.77 bits per heavy atom. The zero-order valence-electron chi connectivity index (χ0n) is 21.8. The highest BCUT2D eigenvalue weighted by Crippen LogP contribution is 2.30. The van der Waals surface area contributed by atoms with Gasteiger partial charge in [0.25, 0.3) is 0 Å². The van der Waals surface area contributed by atoms with Gasteiger partial charge in [-0.1, -0.05) is 36.4 Å². The number of rotatable bonds is 9. The number of nitrogen functional groups attached to an aromatic ring is 1. The van der Waals surface area contributed by atoms with Crippen LogP contribution in [0, 0.1) is 11.3 Å². The molecule has 4 aromatic rings. The largest absolute Gasteiger partial charge is 0.384 e. The van der Waals surface area contributed by atoms with Gasteiger partial charge in [-0.15, -0.1) is 11.3 Å². The number of para-hydroxylation sites is 1. The van der Waals surface area contributed by atoms with Gasteiger partial charge >= 0.3 is 0 Å². The Bertz CT molecular complexity index is 1610. The van der Waals surface area contributed by atoms with E-state index in [-0.39, 0.29) is 28.6 Å². The average Bonchev–Trinajstić information content (AvgIpc) is 3.38. The molecule has 0 bridgehead atoms. The van der Waals surface area contributed by atoms with Crippen LogP contribution in [-0.4, -0.2) is 31.2 Å². The molecule has 40 heavy (non-hydrogen) atoms. The minimum absolute atomic E-state index is 0.0413. The van der Waals surface area contributed by atoms with E-state index >= 15 is 0 Å². The van der Waals surface area contributed by atoms with Crippen LogP contribution in [0.1, 0.15) is 47.9 Å². The fourth-order valence-corrected chi connectivity index (χ4v) is 7.28. The second-order valence-corrected chi connectivity index (χ2v) is 12.9. The van der Waals surface area contributed by atoms with Gasteiger partial charge < -0.3 is 16.8 Å². The first-order valence-corrected chi connectivity index (χ1v) is 15.5. The number of amidine groups is 1. The number of aromatic nitrogens is 1. The van der Waals surface area contributed by atoms with Crippen molar-refractivity contribution in [3.8, 4) is 0 Å². The van der Waals surface area contributed by atoms with Crippen LogP contribution in [0.3, 0.4) is 0 Å². The Morgan fingerprint density at radius 1 is 1.02 bits per heavy atom. The molecule has 7 N–H and O–H groups in total. The lowest BCUT2D eigenvalue weighted by Crippen LogP contribution is -2.32. The summed E-state index contributed by atoms with van der Waals surface area (Å²) in [4.78, 5) is 17.6. The fraction of sp³-hybridized carbons (Fsp3) is 0.276. The molecule has 1 aromatic heterocycles. The number of anilines is 1. The van der Waals surface area contributed by atoms with Crippen LogP contribution in [0.25, 0.3) is 10.2 Å². The smallest absolute Gasteiger partial charge is 0.241 e. The summed E-state index contributed by atoms with van der Waals surface area (Å²) in [6.07, 6.45) is 3.36. The van der Waals surface area contributed by atoms with Gasteiger partial charge in [-0.2, -0.15) is 0 Å². The number of nitrogens with two attached hydrogens (primary N) is 2. The Labute approximate surface area is 237 Å². The number of hydrogen-bond donors (Lipinski definition) is 5. The lowest BCUT2D eigenvalue weighted by atomic mass is 9.86. The van der Waals surface area contributed by atoms with E-state index in [0.29, 0.717) is 22.7 Å². The Morgan fingerprint density at radius 3 is 2.52 bits per heavy atom. The summed E-state index contributed by atoms with van der Waals surface area (Å²) >= 11 is 1.43. The standard InChI is InChI=1S/C29H32N6O3S2/c30-21-13-11-19(12-14-21)28(36)33-22-7-4-8-23(17-22)40(37,38)35-25(16-18-5-3-6-20(15-18)27(31)32)29-34-24-9-1-2-10-26(24)39-29/h1-10,15,17,19,21,25,35H,11-14,16,30H2,(H3,31,32)(H,33,36). The van der Waals surface area contributed by atoms with Crippen molar-refractivity contribution in [2.75, 3.05) is 5.32 Å². The van der Waals surface area contributed by atoms with Crippen LogP contribution in [0.4, 0.5) is 5.69 Å². The molecule has 1 heterocycles. The molecule has 208 valence electrons. The van der Waals surface area contributed by atoms with Crippen LogP contribution in [-0.2, 0) is 21.2 Å². The number of sulfonamides is 1. The van der Waals surface area contributed by atoms with Crippen LogP contribution in [0.15, 0.2) is 77.7 Å². The normalized spacial score (nSPS) is 18.3. The molecular formula is C29H32N6O3S2. The van der Waals surface area contributed by atoms with E-state index < -0.39 is 16.1 Å². The number of carbonyl (C=O) groups is 1. The summed E-state index contributed by atoms with van der Waals surface area (Å²) in [5.41, 5.74) is 14.2. The summed E-state index contributed by atoms with van der Waals surface area (Å²) in [5.74, 6) is -0.312. The van der Waals surface area contributed by atoms with Crippen LogP contribution < -0.4 is 21.5 Å². The van der Waals surface area contributed by atoms with E-state index in [9.17, 15) is 13.2 Å². The third kappa shape index (κ3) is 6.56. The van der Waals surface area contributed by atoms with Crippen molar-refractivity contribution in [1.82, 2.24) is 9.71 Å². The maximum Gasteiger partial charge on any atom is 0.241 e. The van der Waals surface area contributed by atoms with Gasteiger partial charge in [-0.05, 0) is 74.1 Å². The first kappa shape index (κ1) is 27.9. The molecule has 1 atom stereocenters. The van der Waals surface area contributed by atoms with Crippen LogP contribution in [0.2, 0.25) is 0 Å². The molecule has 5 rings (SSSR count). The monoisotopic (exact) mass is 576 g/mol. The average molecular weight is 577 g/mol. The van der Waals surface area contributed by atoms with Crippen molar-refractivity contribution in [1.29, 1.82) is 5.41 Å². The fourth-order valence-electron chi connectivity index (χ4n) is 4.94. The summed E-state index contributed by atoms with van der Waals surface area (Å²) in [7, 11) is -4.00. The van der Waals surface area contributed by atoms with Gasteiger partial charge in [0.2, 0.25) is 15.9 Å². The van der Waals surface area contributed by atoms with Gasteiger partial charge in [0.15, 0.2) is 0 Å². The number of hydrogen-bond acceptors (Lipinski definition) is 7. The van der Waals surface area contributed by atoms with Crippen LogP contribution in [0.5, 0.6) is 0 Å². The van der Waals surface area contributed by atoms with Crippen molar-refractivity contribution in [3.05, 3.63) is 88.9 Å². The lowest BCUT2D eigenvalue weighted by Gasteiger charge is -2.25. The molecule has 1 saturated carbocycles. The second-order valence-electron chi connectivity index (χ2n) is 10.1. The Hall–Kier alpha value is -3.64. The zero-order chi connectivity index (χ0) is 28.3. The molecule has 1 amide bonds. The number of thiazole rings is 1. The molecule has 1 aliphatic carbocycles. The molecule has 0 radical (unpaired) electrons. The lowest BCUT2D eigenvalue weighted by molar-refractivity contribution is -0.120. The van der Waals surface area contributed by atoms with Gasteiger partial charge in [0, 0.05) is 23.2 Å². The molecule has 3 aromatic carbocycles. The highest BCUT2D eigenvalue weighted by molar-refractivity contribution is 7.89. The number of nitrogens with one attached hydrogen (secondary N) is 3. The molecule has 9 nitrogen and oxygen atoms in total. The SMILES string of the molecule is N=C(N)c1cccc(CC(NS(=O)(=O)c2cccc(NC(=O)C3CCC(N)CC3)c2)c2nc3ccccc3s2)c1.